The third-order valence-corrected chi connectivity index (χ3v) is 3.94. The van der Waals surface area contributed by atoms with Crippen LogP contribution in [0.2, 0.25) is 0 Å². The molecule has 0 bridgehead atoms. The van der Waals surface area contributed by atoms with Gasteiger partial charge in [0.05, 0.1) is 12.1 Å². The maximum absolute atomic E-state index is 12.5. The summed E-state index contributed by atoms with van der Waals surface area (Å²) in [7, 11) is 0. The van der Waals surface area contributed by atoms with Gasteiger partial charge < -0.3 is 9.84 Å². The third kappa shape index (κ3) is 4.37. The predicted molar refractivity (Wildman–Crippen MR) is 97.3 cm³/mol. The van der Waals surface area contributed by atoms with Gasteiger partial charge in [0.1, 0.15) is 5.82 Å². The lowest BCUT2D eigenvalue weighted by molar-refractivity contribution is -0.159. The van der Waals surface area contributed by atoms with Gasteiger partial charge in [-0.2, -0.15) is 18.2 Å². The first-order valence-corrected chi connectivity index (χ1v) is 8.45. The maximum atomic E-state index is 12.5. The number of alkyl halides is 3. The van der Waals surface area contributed by atoms with Crippen LogP contribution in [0.25, 0.3) is 22.5 Å². The van der Waals surface area contributed by atoms with E-state index in [-0.39, 0.29) is 11.4 Å². The van der Waals surface area contributed by atoms with Crippen molar-refractivity contribution in [1.29, 1.82) is 0 Å². The number of rotatable bonds is 5. The number of hydrogen-bond acceptors (Lipinski definition) is 7. The number of aromatic nitrogens is 5. The SMILES string of the molecule is FC(F)(F)c1nc(-c2cnc(CNc3cccc(-c4cccnc4)c3)nc2)no1. The first kappa shape index (κ1) is 18.5. The van der Waals surface area contributed by atoms with Crippen LogP contribution in [-0.4, -0.2) is 25.1 Å². The molecule has 10 heteroatoms. The van der Waals surface area contributed by atoms with Gasteiger partial charge in [0, 0.05) is 36.0 Å². The second-order valence-corrected chi connectivity index (χ2v) is 5.98. The summed E-state index contributed by atoms with van der Waals surface area (Å²) in [6.07, 6.45) is 1.50. The number of pyridine rings is 1. The summed E-state index contributed by atoms with van der Waals surface area (Å²) < 4.78 is 41.8. The standard InChI is InChI=1S/C19H13F3N6O/c20-19(21,22)18-27-17(28-29-18)14-9-25-16(26-10-14)11-24-15-5-1-3-12(7-15)13-4-2-6-23-8-13/h1-10,24H,11H2. The maximum Gasteiger partial charge on any atom is 0.471 e. The van der Waals surface area contributed by atoms with Crippen LogP contribution in [-0.2, 0) is 12.7 Å². The lowest BCUT2D eigenvalue weighted by Gasteiger charge is -2.08. The normalized spacial score (nSPS) is 11.4. The lowest BCUT2D eigenvalue weighted by atomic mass is 10.1. The minimum Gasteiger partial charge on any atom is -0.378 e. The van der Waals surface area contributed by atoms with Gasteiger partial charge in [-0.15, -0.1) is 0 Å². The highest BCUT2D eigenvalue weighted by Gasteiger charge is 2.38. The predicted octanol–water partition coefficient (Wildman–Crippen LogP) is 4.22. The van der Waals surface area contributed by atoms with Crippen LogP contribution < -0.4 is 5.32 Å². The molecule has 0 aliphatic heterocycles. The minimum atomic E-state index is -4.69. The molecule has 0 unspecified atom stereocenters. The molecule has 3 heterocycles. The van der Waals surface area contributed by atoms with E-state index in [0.29, 0.717) is 12.4 Å². The van der Waals surface area contributed by atoms with E-state index in [2.05, 4.69) is 34.9 Å². The number of halogens is 3. The van der Waals surface area contributed by atoms with E-state index in [4.69, 9.17) is 0 Å². The second-order valence-electron chi connectivity index (χ2n) is 5.98. The fourth-order valence-electron chi connectivity index (χ4n) is 2.54. The van der Waals surface area contributed by atoms with Crippen molar-refractivity contribution in [3.8, 4) is 22.5 Å². The molecule has 146 valence electrons. The summed E-state index contributed by atoms with van der Waals surface area (Å²) in [5.74, 6) is -1.17. The Balaban J connectivity index is 1.43. The van der Waals surface area contributed by atoms with Gasteiger partial charge in [0.2, 0.25) is 5.82 Å². The number of nitrogens with zero attached hydrogens (tertiary/aromatic N) is 5. The fourth-order valence-corrected chi connectivity index (χ4v) is 2.54. The molecule has 4 rings (SSSR count). The van der Waals surface area contributed by atoms with Gasteiger partial charge in [-0.25, -0.2) is 9.97 Å². The molecule has 1 N–H and O–H groups in total. The van der Waals surface area contributed by atoms with E-state index in [1.54, 1.807) is 12.4 Å². The molecule has 3 aromatic heterocycles. The van der Waals surface area contributed by atoms with Crippen LogP contribution in [0.15, 0.2) is 65.7 Å². The van der Waals surface area contributed by atoms with Crippen LogP contribution in [0, 0.1) is 0 Å². The van der Waals surface area contributed by atoms with Crippen LogP contribution in [0.3, 0.4) is 0 Å². The Labute approximate surface area is 162 Å². The van der Waals surface area contributed by atoms with Gasteiger partial charge in [0.15, 0.2) is 0 Å². The summed E-state index contributed by atoms with van der Waals surface area (Å²) >= 11 is 0. The smallest absolute Gasteiger partial charge is 0.378 e. The molecule has 0 atom stereocenters. The number of benzene rings is 1. The molecule has 0 aliphatic rings. The van der Waals surface area contributed by atoms with E-state index >= 15 is 0 Å². The third-order valence-electron chi connectivity index (χ3n) is 3.94. The average molecular weight is 398 g/mol. The first-order chi connectivity index (χ1) is 14.0. The summed E-state index contributed by atoms with van der Waals surface area (Å²) in [4.78, 5) is 15.7. The number of anilines is 1. The zero-order valence-electron chi connectivity index (χ0n) is 14.8. The molecule has 0 aliphatic carbocycles. The van der Waals surface area contributed by atoms with Crippen molar-refractivity contribution >= 4 is 5.69 Å². The van der Waals surface area contributed by atoms with Crippen molar-refractivity contribution in [2.45, 2.75) is 12.7 Å². The Hall–Kier alpha value is -3.82. The monoisotopic (exact) mass is 398 g/mol. The van der Waals surface area contributed by atoms with Crippen LogP contribution in [0.1, 0.15) is 11.7 Å². The molecule has 29 heavy (non-hydrogen) atoms. The highest BCUT2D eigenvalue weighted by Crippen LogP contribution is 2.29. The second kappa shape index (κ2) is 7.66. The zero-order valence-corrected chi connectivity index (χ0v) is 14.8. The quantitative estimate of drug-likeness (QED) is 0.538. The molecule has 0 saturated carbocycles. The Morgan fingerprint density at radius 2 is 1.72 bits per heavy atom. The molecule has 0 radical (unpaired) electrons. The number of hydrogen-bond donors (Lipinski definition) is 1. The Morgan fingerprint density at radius 1 is 0.931 bits per heavy atom. The van der Waals surface area contributed by atoms with Crippen molar-refractivity contribution in [3.05, 3.63) is 72.9 Å². The number of nitrogens with one attached hydrogen (secondary N) is 1. The van der Waals surface area contributed by atoms with Crippen LogP contribution in [0.4, 0.5) is 18.9 Å². The Morgan fingerprint density at radius 3 is 2.41 bits per heavy atom. The summed E-state index contributed by atoms with van der Waals surface area (Å²) in [6, 6.07) is 11.6. The largest absolute Gasteiger partial charge is 0.471 e. The molecule has 4 aromatic rings. The molecule has 1 aromatic carbocycles. The first-order valence-electron chi connectivity index (χ1n) is 8.45. The molecular formula is C19H13F3N6O. The molecular weight excluding hydrogens is 385 g/mol. The van der Waals surface area contributed by atoms with Crippen molar-refractivity contribution in [2.24, 2.45) is 0 Å². The zero-order chi connectivity index (χ0) is 20.3. The van der Waals surface area contributed by atoms with E-state index < -0.39 is 12.1 Å². The average Bonchev–Trinajstić information content (AvgIpc) is 3.24. The van der Waals surface area contributed by atoms with E-state index in [1.807, 2.05) is 36.4 Å². The van der Waals surface area contributed by atoms with Crippen LogP contribution >= 0.6 is 0 Å². The van der Waals surface area contributed by atoms with E-state index in [0.717, 1.165) is 16.8 Å². The van der Waals surface area contributed by atoms with Gasteiger partial charge in [0.25, 0.3) is 0 Å². The van der Waals surface area contributed by atoms with Gasteiger partial charge in [-0.3, -0.25) is 4.98 Å². The van der Waals surface area contributed by atoms with Crippen molar-refractivity contribution < 1.29 is 17.7 Å². The van der Waals surface area contributed by atoms with E-state index in [9.17, 15) is 13.2 Å². The highest BCUT2D eigenvalue weighted by molar-refractivity contribution is 5.67. The topological polar surface area (TPSA) is 89.6 Å². The Kier molecular flexibility index (Phi) is 4.90. The van der Waals surface area contributed by atoms with Crippen molar-refractivity contribution in [1.82, 2.24) is 25.1 Å². The minimum absolute atomic E-state index is 0.221. The van der Waals surface area contributed by atoms with E-state index in [1.165, 1.54) is 12.4 Å². The lowest BCUT2D eigenvalue weighted by Crippen LogP contribution is -2.05. The molecule has 7 nitrogen and oxygen atoms in total. The van der Waals surface area contributed by atoms with Crippen LogP contribution in [0.5, 0.6) is 0 Å². The summed E-state index contributed by atoms with van der Waals surface area (Å²) in [6.45, 7) is 0.330. The van der Waals surface area contributed by atoms with Crippen molar-refractivity contribution in [2.75, 3.05) is 5.32 Å². The Bertz CT molecular complexity index is 1100. The summed E-state index contributed by atoms with van der Waals surface area (Å²) in [5, 5.41) is 6.52. The fraction of sp³-hybridized carbons (Fsp3) is 0.105. The summed E-state index contributed by atoms with van der Waals surface area (Å²) in [5.41, 5.74) is 3.10. The van der Waals surface area contributed by atoms with Gasteiger partial charge in [-0.05, 0) is 23.8 Å². The van der Waals surface area contributed by atoms with Crippen molar-refractivity contribution in [3.63, 3.8) is 0 Å². The molecule has 0 saturated heterocycles. The van der Waals surface area contributed by atoms with Gasteiger partial charge in [-0.1, -0.05) is 23.4 Å². The molecule has 0 spiro atoms. The molecule has 0 amide bonds. The van der Waals surface area contributed by atoms with Gasteiger partial charge >= 0.3 is 12.1 Å². The molecule has 0 fully saturated rings. The highest BCUT2D eigenvalue weighted by atomic mass is 19.4.